The lowest BCUT2D eigenvalue weighted by molar-refractivity contribution is 1.78. The zero-order chi connectivity index (χ0) is 30.4. The minimum atomic E-state index is -1.58. The molecule has 0 aliphatic heterocycles. The minimum Gasteiger partial charge on any atom is -0.0641 e. The molecule has 10 rings (SSSR count). The first kappa shape index (κ1) is 25.8. The van der Waals surface area contributed by atoms with Gasteiger partial charge in [-0.2, -0.15) is 0 Å². The van der Waals surface area contributed by atoms with Gasteiger partial charge >= 0.3 is 0 Å². The van der Waals surface area contributed by atoms with Gasteiger partial charge in [0.25, 0.3) is 0 Å². The highest BCUT2D eigenvalue weighted by molar-refractivity contribution is 6.87. The molecule has 0 heterocycles. The lowest BCUT2D eigenvalue weighted by atomic mass is 9.96. The van der Waals surface area contributed by atoms with Gasteiger partial charge in [-0.1, -0.05) is 126 Å². The molecule has 0 aliphatic rings. The van der Waals surface area contributed by atoms with Gasteiger partial charge in [-0.3, -0.25) is 0 Å². The van der Waals surface area contributed by atoms with Gasteiger partial charge in [-0.05, 0) is 135 Å². The van der Waals surface area contributed by atoms with Crippen LogP contribution in [0.3, 0.4) is 0 Å². The number of benzene rings is 10. The maximum atomic E-state index is 2.52. The molecule has 0 fully saturated rings. The van der Waals surface area contributed by atoms with Crippen molar-refractivity contribution >= 4 is 105 Å². The molecule has 0 unspecified atom stereocenters. The number of hydrogen-bond acceptors (Lipinski definition) is 0. The molecule has 0 N–H and O–H groups in total. The number of hydrogen-bond donors (Lipinski definition) is 0. The second-order valence-corrected chi connectivity index (χ2v) is 15.7. The van der Waals surface area contributed by atoms with Crippen molar-refractivity contribution in [2.75, 3.05) is 0 Å². The third kappa shape index (κ3) is 3.85. The lowest BCUT2D eigenvalue weighted by Gasteiger charge is -2.18. The molecule has 0 aliphatic carbocycles. The highest BCUT2D eigenvalue weighted by Crippen LogP contribution is 2.34. The first-order chi connectivity index (χ1) is 22.7. The van der Waals surface area contributed by atoms with Gasteiger partial charge in [0, 0.05) is 0 Å². The quantitative estimate of drug-likeness (QED) is 0.105. The molecule has 0 amide bonds. The fraction of sp³-hybridized carbons (Fsp3) is 0.0222. The van der Waals surface area contributed by atoms with Crippen LogP contribution < -0.4 is 10.4 Å². The van der Waals surface area contributed by atoms with Gasteiger partial charge < -0.3 is 0 Å². The van der Waals surface area contributed by atoms with Crippen molar-refractivity contribution in [3.05, 3.63) is 158 Å². The Balaban J connectivity index is 1.20. The first-order valence-electron chi connectivity index (χ1n) is 16.2. The van der Waals surface area contributed by atoms with Crippen molar-refractivity contribution in [1.82, 2.24) is 0 Å². The Bertz CT molecular complexity index is 2680. The predicted molar refractivity (Wildman–Crippen MR) is 205 cm³/mol. The van der Waals surface area contributed by atoms with Crippen LogP contribution in [-0.4, -0.2) is 8.80 Å². The van der Waals surface area contributed by atoms with Crippen LogP contribution in [0.1, 0.15) is 0 Å². The molecule has 0 spiro atoms. The van der Waals surface area contributed by atoms with E-state index in [1.165, 1.54) is 96.6 Å². The average Bonchev–Trinajstić information content (AvgIpc) is 3.10. The van der Waals surface area contributed by atoms with Gasteiger partial charge in [-0.15, -0.1) is 0 Å². The largest absolute Gasteiger partial charge is 0.101 e. The van der Waals surface area contributed by atoms with Crippen molar-refractivity contribution < 1.29 is 0 Å². The molecule has 46 heavy (non-hydrogen) atoms. The Morgan fingerprint density at radius 2 is 0.565 bits per heavy atom. The Hall–Kier alpha value is -5.50. The zero-order valence-electron chi connectivity index (χ0n) is 25.6. The molecule has 10 aromatic carbocycles. The van der Waals surface area contributed by atoms with Gasteiger partial charge in [0.15, 0.2) is 0 Å². The topological polar surface area (TPSA) is 0 Å². The van der Waals surface area contributed by atoms with Crippen molar-refractivity contribution in [1.29, 1.82) is 0 Å². The summed E-state index contributed by atoms with van der Waals surface area (Å²) in [5.74, 6) is 0. The summed E-state index contributed by atoms with van der Waals surface area (Å²) in [5, 5.41) is 24.2. The van der Waals surface area contributed by atoms with E-state index in [2.05, 4.69) is 164 Å². The Kier molecular flexibility index (Phi) is 5.46. The smallest absolute Gasteiger partial charge is 0.0641 e. The molecule has 0 saturated carbocycles. The summed E-state index contributed by atoms with van der Waals surface area (Å²) < 4.78 is 0. The SMILES string of the molecule is C[SiH](c1cccc2cc3ccc4cc5ccccc5cc4c3cc12)c1cccc2cc3ccc4cc5ccccc5cc4c3cc12. The van der Waals surface area contributed by atoms with Crippen LogP contribution >= 0.6 is 0 Å². The van der Waals surface area contributed by atoms with Crippen LogP contribution in [0.4, 0.5) is 0 Å². The number of fused-ring (bicyclic) bond motifs is 10. The maximum absolute atomic E-state index is 2.52. The van der Waals surface area contributed by atoms with Gasteiger partial charge in [0.1, 0.15) is 8.80 Å². The summed E-state index contributed by atoms with van der Waals surface area (Å²) in [6, 6.07) is 59.7. The van der Waals surface area contributed by atoms with E-state index in [-0.39, 0.29) is 0 Å². The second kappa shape index (κ2) is 9.75. The van der Waals surface area contributed by atoms with Crippen LogP contribution in [0.15, 0.2) is 158 Å². The summed E-state index contributed by atoms with van der Waals surface area (Å²) in [6.45, 7) is 2.52. The van der Waals surface area contributed by atoms with Gasteiger partial charge in [0.2, 0.25) is 0 Å². The summed E-state index contributed by atoms with van der Waals surface area (Å²) in [5.41, 5.74) is 0. The maximum Gasteiger partial charge on any atom is 0.101 e. The molecule has 0 bridgehead atoms. The van der Waals surface area contributed by atoms with Crippen LogP contribution in [0.2, 0.25) is 6.55 Å². The molecule has 0 aromatic heterocycles. The van der Waals surface area contributed by atoms with Crippen LogP contribution in [0.5, 0.6) is 0 Å². The van der Waals surface area contributed by atoms with Gasteiger partial charge in [-0.25, -0.2) is 0 Å². The highest BCUT2D eigenvalue weighted by atomic mass is 28.3. The molecule has 0 saturated heterocycles. The van der Waals surface area contributed by atoms with E-state index < -0.39 is 8.80 Å². The van der Waals surface area contributed by atoms with Crippen molar-refractivity contribution in [3.8, 4) is 0 Å². The molecule has 1 heteroatoms. The zero-order valence-corrected chi connectivity index (χ0v) is 26.7. The lowest BCUT2D eigenvalue weighted by Crippen LogP contribution is -2.40. The Morgan fingerprint density at radius 3 is 0.978 bits per heavy atom. The average molecular weight is 599 g/mol. The Labute approximate surface area is 268 Å². The van der Waals surface area contributed by atoms with Crippen LogP contribution in [0.25, 0.3) is 86.2 Å². The molecule has 0 radical (unpaired) electrons. The molecule has 0 atom stereocenters. The standard InChI is InChI=1S/C45H30Si/c1-46(44-14-6-12-32-22-36-18-16-34-20-28-8-2-4-10-30(28)24-38(34)40(36)26-42(32)44)45-15-7-13-33-23-37-19-17-35-21-29-9-3-5-11-31(29)25-39(35)41(37)27-43(33)45/h2-27,46H,1H3. The highest BCUT2D eigenvalue weighted by Gasteiger charge is 2.18. The van der Waals surface area contributed by atoms with E-state index in [0.29, 0.717) is 0 Å². The van der Waals surface area contributed by atoms with E-state index in [9.17, 15) is 0 Å². The first-order valence-corrected chi connectivity index (χ1v) is 18.5. The third-order valence-corrected chi connectivity index (χ3v) is 13.3. The summed E-state index contributed by atoms with van der Waals surface area (Å²) >= 11 is 0. The van der Waals surface area contributed by atoms with Crippen LogP contribution in [0, 0.1) is 0 Å². The van der Waals surface area contributed by atoms with E-state index in [1.807, 2.05) is 0 Å². The monoisotopic (exact) mass is 598 g/mol. The third-order valence-electron chi connectivity index (χ3n) is 10.4. The van der Waals surface area contributed by atoms with E-state index in [1.54, 1.807) is 0 Å². The summed E-state index contributed by atoms with van der Waals surface area (Å²) in [4.78, 5) is 0. The van der Waals surface area contributed by atoms with E-state index in [0.717, 1.165) is 0 Å². The van der Waals surface area contributed by atoms with Crippen LogP contribution in [-0.2, 0) is 0 Å². The fourth-order valence-electron chi connectivity index (χ4n) is 8.02. The summed E-state index contributed by atoms with van der Waals surface area (Å²) in [7, 11) is -1.58. The normalized spacial score (nSPS) is 12.2. The predicted octanol–water partition coefficient (Wildman–Crippen LogP) is 10.9. The molecule has 0 nitrogen and oxygen atoms in total. The second-order valence-electron chi connectivity index (χ2n) is 13.0. The fourth-order valence-corrected chi connectivity index (χ4v) is 10.6. The Morgan fingerprint density at radius 1 is 0.261 bits per heavy atom. The van der Waals surface area contributed by atoms with Crippen molar-refractivity contribution in [3.63, 3.8) is 0 Å². The van der Waals surface area contributed by atoms with Crippen molar-refractivity contribution in [2.45, 2.75) is 6.55 Å². The van der Waals surface area contributed by atoms with E-state index in [4.69, 9.17) is 0 Å². The summed E-state index contributed by atoms with van der Waals surface area (Å²) in [6.07, 6.45) is 0. The molecular weight excluding hydrogens is 569 g/mol. The van der Waals surface area contributed by atoms with E-state index >= 15 is 0 Å². The molecular formula is C45H30Si. The molecule has 10 aromatic rings. The van der Waals surface area contributed by atoms with Crippen molar-refractivity contribution in [2.24, 2.45) is 0 Å². The number of rotatable bonds is 2. The minimum absolute atomic E-state index is 1.29. The molecule has 214 valence electrons. The van der Waals surface area contributed by atoms with Gasteiger partial charge in [0.05, 0.1) is 0 Å².